The van der Waals surface area contributed by atoms with Gasteiger partial charge < -0.3 is 24.2 Å². The number of ether oxygens (including phenoxy) is 2. The van der Waals surface area contributed by atoms with E-state index in [9.17, 15) is 31.6 Å². The fourth-order valence-electron chi connectivity index (χ4n) is 5.82. The third kappa shape index (κ3) is 18.8. The molecule has 0 aliphatic heterocycles. The maximum Gasteiger partial charge on any atom is 2.00 e. The van der Waals surface area contributed by atoms with Crippen LogP contribution in [0.5, 0.6) is 34.5 Å². The van der Waals surface area contributed by atoms with E-state index in [1.807, 2.05) is 36.4 Å². The zero-order valence-corrected chi connectivity index (χ0v) is 35.9. The molecule has 55 heavy (non-hydrogen) atoms. The second-order valence-corrected chi connectivity index (χ2v) is 16.2. The first-order chi connectivity index (χ1) is 25.8. The molecular weight excluding hydrogens is 769 g/mol. The fourth-order valence-corrected chi connectivity index (χ4v) is 6.80. The van der Waals surface area contributed by atoms with Crippen LogP contribution in [0.15, 0.2) is 94.7 Å². The average Bonchev–Trinajstić information content (AvgIpc) is 3.12. The summed E-state index contributed by atoms with van der Waals surface area (Å²) in [7, 11) is -8.99. The Kier molecular flexibility index (Phi) is 22.3. The standard InChI is InChI=1S/2C21H28O5S.Ca/c2*1-2-3-4-5-6-7-8-10-17-11-9-12-18(15-17)26-21-16-19(27(23,24)25)13-14-20(21)22;/h2*9,11-16,22H,2-8,10H2,1H3,(H,23,24,25);/q;;+2/p-2. The van der Waals surface area contributed by atoms with Gasteiger partial charge in [-0.05, 0) is 85.3 Å². The molecule has 10 nitrogen and oxygen atoms in total. The summed E-state index contributed by atoms with van der Waals surface area (Å²) in [4.78, 5) is -0.800. The summed E-state index contributed by atoms with van der Waals surface area (Å²) in [6.45, 7) is 4.43. The second kappa shape index (κ2) is 25.4. The van der Waals surface area contributed by atoms with Crippen LogP contribution < -0.4 is 14.6 Å². The van der Waals surface area contributed by atoms with Crippen molar-refractivity contribution in [2.24, 2.45) is 0 Å². The molecule has 0 amide bonds. The minimum absolute atomic E-state index is 0. The molecule has 0 bridgehead atoms. The van der Waals surface area contributed by atoms with E-state index in [1.54, 1.807) is 12.1 Å². The number of aromatic hydroxyl groups is 1. The van der Waals surface area contributed by atoms with Gasteiger partial charge in [-0.2, -0.15) is 8.42 Å². The first kappa shape index (κ1) is 48.3. The van der Waals surface area contributed by atoms with Crippen molar-refractivity contribution in [1.29, 1.82) is 0 Å². The summed E-state index contributed by atoms with van der Waals surface area (Å²) in [6, 6.07) is 21.3. The molecule has 4 aromatic carbocycles. The van der Waals surface area contributed by atoms with Crippen LogP contribution in [-0.2, 0) is 33.1 Å². The van der Waals surface area contributed by atoms with E-state index in [2.05, 4.69) is 13.8 Å². The SMILES string of the molecule is CCCCCCCCCc1cccc(Oc2cc(S(=O)(=O)O)ccc2O)c1.CCCCCCCCCc1cccc(Oc2cc(S(=O)(=O)[O-])ccc2[O-])c1.[Ca+2]. The number of hydrogen-bond acceptors (Lipinski definition) is 9. The number of benzene rings is 4. The van der Waals surface area contributed by atoms with Crippen LogP contribution in [0.1, 0.15) is 115 Å². The van der Waals surface area contributed by atoms with Gasteiger partial charge in [-0.25, -0.2) is 8.42 Å². The van der Waals surface area contributed by atoms with Gasteiger partial charge in [0.05, 0.1) is 9.79 Å². The van der Waals surface area contributed by atoms with Gasteiger partial charge in [-0.3, -0.25) is 4.55 Å². The Balaban J connectivity index is 0.000000373. The number of unbranched alkanes of at least 4 members (excludes halogenated alkanes) is 12. The molecule has 0 aliphatic carbocycles. The Labute approximate surface area is 357 Å². The first-order valence-electron chi connectivity index (χ1n) is 18.9. The molecule has 0 aromatic heterocycles. The Hall–Kier alpha value is -2.84. The molecular formula is C42H54CaO10S2. The Bertz CT molecular complexity index is 1810. The van der Waals surface area contributed by atoms with Gasteiger partial charge in [0.1, 0.15) is 27.4 Å². The molecule has 0 atom stereocenters. The summed E-state index contributed by atoms with van der Waals surface area (Å²) < 4.78 is 76.2. The zero-order chi connectivity index (χ0) is 39.4. The maximum atomic E-state index is 11.9. The number of phenolic OH excluding ortho intramolecular Hbond substituents is 1. The van der Waals surface area contributed by atoms with E-state index in [0.717, 1.165) is 67.1 Å². The van der Waals surface area contributed by atoms with Gasteiger partial charge in [0.15, 0.2) is 11.5 Å². The average molecular weight is 823 g/mol. The van der Waals surface area contributed by atoms with E-state index in [1.165, 1.54) is 83.1 Å². The molecule has 4 aromatic rings. The molecule has 2 N–H and O–H groups in total. The van der Waals surface area contributed by atoms with Gasteiger partial charge in [0, 0.05) is 6.07 Å². The monoisotopic (exact) mass is 822 g/mol. The van der Waals surface area contributed by atoms with Crippen molar-refractivity contribution in [1.82, 2.24) is 0 Å². The minimum Gasteiger partial charge on any atom is -0.870 e. The third-order valence-electron chi connectivity index (χ3n) is 8.82. The molecule has 0 heterocycles. The summed E-state index contributed by atoms with van der Waals surface area (Å²) in [6.07, 6.45) is 19.3. The summed E-state index contributed by atoms with van der Waals surface area (Å²) in [5, 5.41) is 21.8. The molecule has 296 valence electrons. The van der Waals surface area contributed by atoms with Gasteiger partial charge in [-0.1, -0.05) is 127 Å². The molecule has 0 aliphatic rings. The van der Waals surface area contributed by atoms with Crippen LogP contribution in [0.4, 0.5) is 0 Å². The van der Waals surface area contributed by atoms with Crippen LogP contribution in [0, 0.1) is 0 Å². The fraction of sp³-hybridized carbons (Fsp3) is 0.429. The Morgan fingerprint density at radius 2 is 1.00 bits per heavy atom. The maximum absolute atomic E-state index is 11.9. The van der Waals surface area contributed by atoms with Crippen molar-refractivity contribution in [2.75, 3.05) is 0 Å². The normalized spacial score (nSPS) is 11.3. The van der Waals surface area contributed by atoms with Gasteiger partial charge in [0.25, 0.3) is 10.1 Å². The molecule has 0 fully saturated rings. The van der Waals surface area contributed by atoms with Gasteiger partial charge in [0.2, 0.25) is 0 Å². The smallest absolute Gasteiger partial charge is 0.870 e. The van der Waals surface area contributed by atoms with Crippen LogP contribution >= 0.6 is 0 Å². The van der Waals surface area contributed by atoms with Crippen molar-refractivity contribution in [3.8, 4) is 34.5 Å². The van der Waals surface area contributed by atoms with Crippen molar-refractivity contribution in [2.45, 2.75) is 126 Å². The summed E-state index contributed by atoms with van der Waals surface area (Å²) in [5.74, 6) is 0.115. The molecule has 0 unspecified atom stereocenters. The molecule has 0 radical (unpaired) electrons. The molecule has 0 saturated carbocycles. The van der Waals surface area contributed by atoms with Crippen molar-refractivity contribution in [3.05, 3.63) is 96.1 Å². The number of phenols is 1. The largest absolute Gasteiger partial charge is 2.00 e. The third-order valence-corrected chi connectivity index (χ3v) is 10.5. The van der Waals surface area contributed by atoms with Crippen molar-refractivity contribution >= 4 is 58.0 Å². The topological polar surface area (TPSA) is 173 Å². The van der Waals surface area contributed by atoms with Gasteiger partial charge in [-0.15, -0.1) is 0 Å². The summed E-state index contributed by atoms with van der Waals surface area (Å²) in [5.41, 5.74) is 2.23. The van der Waals surface area contributed by atoms with E-state index < -0.39 is 30.9 Å². The molecule has 0 spiro atoms. The Morgan fingerprint density at radius 1 is 0.564 bits per heavy atom. The first-order valence-corrected chi connectivity index (χ1v) is 21.8. The van der Waals surface area contributed by atoms with Crippen molar-refractivity contribution in [3.63, 3.8) is 0 Å². The predicted molar refractivity (Wildman–Crippen MR) is 214 cm³/mol. The van der Waals surface area contributed by atoms with E-state index in [4.69, 9.17) is 14.0 Å². The summed E-state index contributed by atoms with van der Waals surface area (Å²) >= 11 is 0. The quantitative estimate of drug-likeness (QED) is 0.0441. The minimum atomic E-state index is -4.63. The predicted octanol–water partition coefficient (Wildman–Crippen LogP) is 10.1. The van der Waals surface area contributed by atoms with Crippen LogP contribution in [0.25, 0.3) is 0 Å². The van der Waals surface area contributed by atoms with Crippen LogP contribution in [0.3, 0.4) is 0 Å². The zero-order valence-electron chi connectivity index (χ0n) is 32.1. The second-order valence-electron chi connectivity index (χ2n) is 13.4. The van der Waals surface area contributed by atoms with E-state index in [0.29, 0.717) is 11.5 Å². The van der Waals surface area contributed by atoms with E-state index >= 15 is 0 Å². The molecule has 4 rings (SSSR count). The number of hydrogen-bond donors (Lipinski definition) is 2. The molecule has 13 heteroatoms. The van der Waals surface area contributed by atoms with Crippen LogP contribution in [0.2, 0.25) is 0 Å². The number of rotatable bonds is 22. The number of aryl methyl sites for hydroxylation is 2. The Morgan fingerprint density at radius 3 is 1.47 bits per heavy atom. The van der Waals surface area contributed by atoms with Crippen molar-refractivity contribution < 1.29 is 45.6 Å². The van der Waals surface area contributed by atoms with E-state index in [-0.39, 0.29) is 59.9 Å². The van der Waals surface area contributed by atoms with Crippen LogP contribution in [-0.4, -0.2) is 68.8 Å². The van der Waals surface area contributed by atoms with Gasteiger partial charge >= 0.3 is 37.7 Å². The molecule has 0 saturated heterocycles.